The van der Waals surface area contributed by atoms with Crippen molar-refractivity contribution >= 4 is 5.91 Å². The van der Waals surface area contributed by atoms with E-state index in [0.29, 0.717) is 6.04 Å². The van der Waals surface area contributed by atoms with Crippen LogP contribution in [0.25, 0.3) is 0 Å². The lowest BCUT2D eigenvalue weighted by molar-refractivity contribution is -0.124. The molecule has 3 heteroatoms. The molecule has 0 saturated carbocycles. The van der Waals surface area contributed by atoms with E-state index in [1.807, 2.05) is 12.1 Å². The normalized spacial score (nSPS) is 22.8. The Labute approximate surface area is 107 Å². The Bertz CT molecular complexity index is 473. The summed E-state index contributed by atoms with van der Waals surface area (Å²) in [7, 11) is 0. The first-order chi connectivity index (χ1) is 8.83. The highest BCUT2D eigenvalue weighted by Gasteiger charge is 2.25. The molecule has 0 saturated heterocycles. The molecule has 2 N–H and O–H groups in total. The van der Waals surface area contributed by atoms with Gasteiger partial charge in [0, 0.05) is 12.6 Å². The molecule has 18 heavy (non-hydrogen) atoms. The Morgan fingerprint density at radius 1 is 1.17 bits per heavy atom. The van der Waals surface area contributed by atoms with E-state index < -0.39 is 0 Å². The monoisotopic (exact) mass is 242 g/mol. The van der Waals surface area contributed by atoms with Crippen LogP contribution in [-0.4, -0.2) is 18.0 Å². The maximum absolute atomic E-state index is 12.2. The zero-order chi connectivity index (χ0) is 12.4. The van der Waals surface area contributed by atoms with E-state index in [1.165, 1.54) is 11.1 Å². The first-order valence-corrected chi connectivity index (χ1v) is 6.58. The van der Waals surface area contributed by atoms with Crippen molar-refractivity contribution in [3.8, 4) is 0 Å². The van der Waals surface area contributed by atoms with Crippen molar-refractivity contribution in [3.05, 3.63) is 47.5 Å². The fourth-order valence-electron chi connectivity index (χ4n) is 2.68. The van der Waals surface area contributed by atoms with E-state index in [2.05, 4.69) is 34.9 Å². The average Bonchev–Trinajstić information content (AvgIpc) is 2.91. The molecule has 0 unspecified atom stereocenters. The highest BCUT2D eigenvalue weighted by Crippen LogP contribution is 2.17. The number of hydrogen-bond donors (Lipinski definition) is 2. The molecule has 0 bridgehead atoms. The summed E-state index contributed by atoms with van der Waals surface area (Å²) >= 11 is 0. The molecule has 0 spiro atoms. The first-order valence-electron chi connectivity index (χ1n) is 6.58. The van der Waals surface area contributed by atoms with Crippen LogP contribution in [-0.2, 0) is 17.8 Å². The number of amides is 1. The van der Waals surface area contributed by atoms with Crippen LogP contribution in [0.1, 0.15) is 24.0 Å². The molecular formula is C15H18N2O. The van der Waals surface area contributed by atoms with Gasteiger partial charge in [-0.15, -0.1) is 0 Å². The van der Waals surface area contributed by atoms with Crippen LogP contribution in [0.3, 0.4) is 0 Å². The molecule has 1 amide bonds. The predicted octanol–water partition coefficient (Wildman–Crippen LogP) is 1.54. The van der Waals surface area contributed by atoms with Crippen LogP contribution in [0, 0.1) is 0 Å². The molecule has 2 aliphatic rings. The second kappa shape index (κ2) is 4.94. The second-order valence-corrected chi connectivity index (χ2v) is 5.05. The summed E-state index contributed by atoms with van der Waals surface area (Å²) in [6.07, 6.45) is 7.00. The molecule has 94 valence electrons. The Balaban J connectivity index is 1.63. The number of fused-ring (bicyclic) bond motifs is 1. The van der Waals surface area contributed by atoms with E-state index in [9.17, 15) is 4.79 Å². The lowest BCUT2D eigenvalue weighted by Crippen LogP contribution is -2.50. The summed E-state index contributed by atoms with van der Waals surface area (Å²) < 4.78 is 0. The first kappa shape index (κ1) is 11.5. The van der Waals surface area contributed by atoms with Gasteiger partial charge in [-0.2, -0.15) is 0 Å². The van der Waals surface area contributed by atoms with Gasteiger partial charge in [0.25, 0.3) is 0 Å². The number of nitrogens with one attached hydrogen (secondary N) is 2. The van der Waals surface area contributed by atoms with Gasteiger partial charge in [-0.05, 0) is 30.4 Å². The lowest BCUT2D eigenvalue weighted by Gasteiger charge is -2.26. The molecule has 3 rings (SSSR count). The zero-order valence-corrected chi connectivity index (χ0v) is 10.4. The fraction of sp³-hybridized carbons (Fsp3) is 0.400. The SMILES string of the molecule is O=C(NC1CC=CC1)[C@H]1Cc2ccccc2CN1. The summed E-state index contributed by atoms with van der Waals surface area (Å²) in [5.41, 5.74) is 2.60. The minimum Gasteiger partial charge on any atom is -0.351 e. The van der Waals surface area contributed by atoms with Crippen LogP contribution in [0.4, 0.5) is 0 Å². The van der Waals surface area contributed by atoms with Crippen molar-refractivity contribution in [2.24, 2.45) is 0 Å². The largest absolute Gasteiger partial charge is 0.351 e. The predicted molar refractivity (Wildman–Crippen MR) is 71.1 cm³/mol. The van der Waals surface area contributed by atoms with Gasteiger partial charge < -0.3 is 10.6 Å². The molecule has 1 aromatic rings. The summed E-state index contributed by atoms with van der Waals surface area (Å²) in [6.45, 7) is 0.789. The van der Waals surface area contributed by atoms with Gasteiger partial charge in [0.1, 0.15) is 0 Å². The maximum atomic E-state index is 12.2. The molecule has 3 nitrogen and oxygen atoms in total. The summed E-state index contributed by atoms with van der Waals surface area (Å²) in [5.74, 6) is 0.137. The maximum Gasteiger partial charge on any atom is 0.237 e. The molecule has 1 aliphatic heterocycles. The molecule has 1 atom stereocenters. The van der Waals surface area contributed by atoms with E-state index in [-0.39, 0.29) is 11.9 Å². The summed E-state index contributed by atoms with van der Waals surface area (Å²) in [5, 5.41) is 6.43. The number of hydrogen-bond acceptors (Lipinski definition) is 2. The van der Waals surface area contributed by atoms with Gasteiger partial charge in [-0.3, -0.25) is 4.79 Å². The van der Waals surface area contributed by atoms with Crippen LogP contribution < -0.4 is 10.6 Å². The molecule has 0 aromatic heterocycles. The number of carbonyl (C=O) groups excluding carboxylic acids is 1. The smallest absolute Gasteiger partial charge is 0.237 e. The third-order valence-electron chi connectivity index (χ3n) is 3.75. The van der Waals surface area contributed by atoms with Gasteiger partial charge in [-0.1, -0.05) is 36.4 Å². The van der Waals surface area contributed by atoms with E-state index in [0.717, 1.165) is 25.8 Å². The van der Waals surface area contributed by atoms with E-state index in [4.69, 9.17) is 0 Å². The van der Waals surface area contributed by atoms with Gasteiger partial charge in [0.05, 0.1) is 6.04 Å². The van der Waals surface area contributed by atoms with Crippen molar-refractivity contribution in [2.45, 2.75) is 37.9 Å². The fourth-order valence-corrected chi connectivity index (χ4v) is 2.68. The summed E-state index contributed by atoms with van der Waals surface area (Å²) in [4.78, 5) is 12.2. The number of carbonyl (C=O) groups is 1. The number of rotatable bonds is 2. The van der Waals surface area contributed by atoms with Crippen LogP contribution in [0.5, 0.6) is 0 Å². The van der Waals surface area contributed by atoms with Gasteiger partial charge in [0.2, 0.25) is 5.91 Å². The Hall–Kier alpha value is -1.61. The van der Waals surface area contributed by atoms with Crippen LogP contribution >= 0.6 is 0 Å². The highest BCUT2D eigenvalue weighted by molar-refractivity contribution is 5.82. The molecule has 1 aromatic carbocycles. The van der Waals surface area contributed by atoms with Gasteiger partial charge >= 0.3 is 0 Å². The van der Waals surface area contributed by atoms with E-state index in [1.54, 1.807) is 0 Å². The molecule has 1 aliphatic carbocycles. The molecule has 1 heterocycles. The average molecular weight is 242 g/mol. The van der Waals surface area contributed by atoms with Crippen LogP contribution in [0.2, 0.25) is 0 Å². The van der Waals surface area contributed by atoms with Crippen molar-refractivity contribution in [1.29, 1.82) is 0 Å². The summed E-state index contributed by atoms with van der Waals surface area (Å²) in [6, 6.07) is 8.55. The third-order valence-corrected chi connectivity index (χ3v) is 3.75. The minimum atomic E-state index is -0.0829. The van der Waals surface area contributed by atoms with Crippen LogP contribution in [0.15, 0.2) is 36.4 Å². The lowest BCUT2D eigenvalue weighted by atomic mass is 9.95. The van der Waals surface area contributed by atoms with E-state index >= 15 is 0 Å². The topological polar surface area (TPSA) is 41.1 Å². The van der Waals surface area contributed by atoms with Gasteiger partial charge in [-0.25, -0.2) is 0 Å². The van der Waals surface area contributed by atoms with Crippen molar-refractivity contribution < 1.29 is 4.79 Å². The Morgan fingerprint density at radius 3 is 2.67 bits per heavy atom. The Morgan fingerprint density at radius 2 is 1.89 bits per heavy atom. The Kier molecular flexibility index (Phi) is 3.15. The zero-order valence-electron chi connectivity index (χ0n) is 10.4. The van der Waals surface area contributed by atoms with Crippen molar-refractivity contribution in [1.82, 2.24) is 10.6 Å². The standard InChI is InChI=1S/C15H18N2O/c18-15(17-13-7-3-4-8-13)14-9-11-5-1-2-6-12(11)10-16-14/h1-6,13-14,16H,7-10H2,(H,17,18)/t14-/m1/s1. The molecule has 0 fully saturated rings. The second-order valence-electron chi connectivity index (χ2n) is 5.05. The van der Waals surface area contributed by atoms with Crippen molar-refractivity contribution in [2.75, 3.05) is 0 Å². The number of benzene rings is 1. The molecular weight excluding hydrogens is 224 g/mol. The van der Waals surface area contributed by atoms with Gasteiger partial charge in [0.15, 0.2) is 0 Å². The van der Waals surface area contributed by atoms with Crippen molar-refractivity contribution in [3.63, 3.8) is 0 Å². The highest BCUT2D eigenvalue weighted by atomic mass is 16.2. The molecule has 0 radical (unpaired) electrons. The minimum absolute atomic E-state index is 0.0829. The quantitative estimate of drug-likeness (QED) is 0.772. The third kappa shape index (κ3) is 2.31.